The van der Waals surface area contributed by atoms with Crippen LogP contribution in [0.2, 0.25) is 10.0 Å². The summed E-state index contributed by atoms with van der Waals surface area (Å²) in [4.78, 5) is 0. The van der Waals surface area contributed by atoms with E-state index in [1.54, 1.807) is 30.0 Å². The van der Waals surface area contributed by atoms with Gasteiger partial charge < -0.3 is 14.8 Å². The van der Waals surface area contributed by atoms with Crippen molar-refractivity contribution in [1.82, 2.24) is 20.2 Å². The molecule has 0 unspecified atom stereocenters. The molecule has 3 rings (SSSR count). The first kappa shape index (κ1) is 21.2. The molecular weight excluding hydrogens is 413 g/mol. The third-order valence-corrected chi connectivity index (χ3v) is 5.08. The van der Waals surface area contributed by atoms with Gasteiger partial charge in [-0.2, -0.15) is 0 Å². The highest BCUT2D eigenvalue weighted by Gasteiger charge is 2.11. The Labute approximate surface area is 179 Å². The van der Waals surface area contributed by atoms with E-state index in [9.17, 15) is 0 Å². The minimum atomic E-state index is 0.249. The lowest BCUT2D eigenvalue weighted by Gasteiger charge is -2.14. The van der Waals surface area contributed by atoms with Gasteiger partial charge in [-0.15, -0.1) is 0 Å². The molecular formula is C20H23Cl2N5O2. The van der Waals surface area contributed by atoms with E-state index in [-0.39, 0.29) is 6.61 Å². The highest BCUT2D eigenvalue weighted by molar-refractivity contribution is 6.35. The lowest BCUT2D eigenvalue weighted by Crippen LogP contribution is -2.09. The largest absolute Gasteiger partial charge is 0.493 e. The van der Waals surface area contributed by atoms with Crippen LogP contribution in [0.1, 0.15) is 30.9 Å². The number of tetrazole rings is 1. The number of rotatable bonds is 10. The summed E-state index contributed by atoms with van der Waals surface area (Å²) in [7, 11) is 1.60. The van der Waals surface area contributed by atoms with Crippen LogP contribution in [0.3, 0.4) is 0 Å². The number of methoxy groups -OCH3 is 1. The van der Waals surface area contributed by atoms with Crippen LogP contribution in [0.4, 0.5) is 5.95 Å². The molecule has 0 bridgehead atoms. The van der Waals surface area contributed by atoms with Crippen LogP contribution in [0.25, 0.3) is 0 Å². The first-order chi connectivity index (χ1) is 14.1. The summed E-state index contributed by atoms with van der Waals surface area (Å²) < 4.78 is 13.1. The number of aromatic nitrogens is 4. The van der Waals surface area contributed by atoms with E-state index < -0.39 is 0 Å². The van der Waals surface area contributed by atoms with Crippen LogP contribution in [-0.2, 0) is 19.7 Å². The normalized spacial score (nSPS) is 10.8. The number of hydrogen-bond donors (Lipinski definition) is 1. The Morgan fingerprint density at radius 3 is 2.62 bits per heavy atom. The quantitative estimate of drug-likeness (QED) is 0.483. The SMILES string of the molecule is CCCCn1nnnc1NCc1ccc(OCc2c(Cl)cccc2Cl)c(OC)c1. The summed E-state index contributed by atoms with van der Waals surface area (Å²) in [5.41, 5.74) is 1.75. The Morgan fingerprint density at radius 1 is 1.10 bits per heavy atom. The van der Waals surface area contributed by atoms with E-state index in [1.807, 2.05) is 18.2 Å². The number of unbranched alkanes of at least 4 members (excludes halogenated alkanes) is 1. The number of nitrogens with one attached hydrogen (secondary N) is 1. The smallest absolute Gasteiger partial charge is 0.243 e. The highest BCUT2D eigenvalue weighted by atomic mass is 35.5. The average Bonchev–Trinajstić information content (AvgIpc) is 3.18. The molecule has 7 nitrogen and oxygen atoms in total. The van der Waals surface area contributed by atoms with Crippen molar-refractivity contribution in [2.75, 3.05) is 12.4 Å². The van der Waals surface area contributed by atoms with Gasteiger partial charge in [0.2, 0.25) is 5.95 Å². The number of ether oxygens (including phenoxy) is 2. The molecule has 1 heterocycles. The lowest BCUT2D eigenvalue weighted by atomic mass is 10.2. The van der Waals surface area contributed by atoms with Crippen molar-refractivity contribution in [2.24, 2.45) is 0 Å². The zero-order chi connectivity index (χ0) is 20.6. The minimum Gasteiger partial charge on any atom is -0.493 e. The average molecular weight is 436 g/mol. The van der Waals surface area contributed by atoms with Crippen molar-refractivity contribution in [3.05, 3.63) is 57.6 Å². The molecule has 29 heavy (non-hydrogen) atoms. The van der Waals surface area contributed by atoms with Gasteiger partial charge in [-0.1, -0.05) is 53.8 Å². The molecule has 2 aromatic carbocycles. The van der Waals surface area contributed by atoms with E-state index in [1.165, 1.54) is 0 Å². The maximum atomic E-state index is 6.21. The second-order valence-electron chi connectivity index (χ2n) is 6.41. The zero-order valence-electron chi connectivity index (χ0n) is 16.4. The Morgan fingerprint density at radius 2 is 1.90 bits per heavy atom. The molecule has 0 aliphatic carbocycles. The predicted molar refractivity (Wildman–Crippen MR) is 114 cm³/mol. The zero-order valence-corrected chi connectivity index (χ0v) is 17.9. The maximum absolute atomic E-state index is 6.21. The van der Waals surface area contributed by atoms with E-state index in [4.69, 9.17) is 32.7 Å². The van der Waals surface area contributed by atoms with Crippen LogP contribution in [0.5, 0.6) is 11.5 Å². The second kappa shape index (κ2) is 10.3. The molecule has 0 saturated carbocycles. The Balaban J connectivity index is 1.65. The number of anilines is 1. The molecule has 0 saturated heterocycles. The van der Waals surface area contributed by atoms with Crippen molar-refractivity contribution in [3.8, 4) is 11.5 Å². The Kier molecular flexibility index (Phi) is 7.55. The van der Waals surface area contributed by atoms with Gasteiger partial charge in [-0.25, -0.2) is 4.68 Å². The van der Waals surface area contributed by atoms with E-state index in [2.05, 4.69) is 27.8 Å². The second-order valence-corrected chi connectivity index (χ2v) is 7.22. The fraction of sp³-hybridized carbons (Fsp3) is 0.350. The number of halogens is 2. The van der Waals surface area contributed by atoms with Crippen LogP contribution >= 0.6 is 23.2 Å². The number of benzene rings is 2. The van der Waals surface area contributed by atoms with Gasteiger partial charge in [-0.05, 0) is 46.7 Å². The maximum Gasteiger partial charge on any atom is 0.243 e. The first-order valence-electron chi connectivity index (χ1n) is 9.35. The van der Waals surface area contributed by atoms with Gasteiger partial charge in [0, 0.05) is 28.7 Å². The summed E-state index contributed by atoms with van der Waals surface area (Å²) >= 11 is 12.4. The van der Waals surface area contributed by atoms with E-state index in [0.29, 0.717) is 34.0 Å². The molecule has 0 atom stereocenters. The van der Waals surface area contributed by atoms with Crippen molar-refractivity contribution >= 4 is 29.2 Å². The third kappa shape index (κ3) is 5.52. The van der Waals surface area contributed by atoms with Crippen LogP contribution in [-0.4, -0.2) is 27.3 Å². The summed E-state index contributed by atoms with van der Waals surface area (Å²) in [6.07, 6.45) is 2.10. The highest BCUT2D eigenvalue weighted by Crippen LogP contribution is 2.31. The standard InChI is InChI=1S/C20H23Cl2N5O2/c1-3-4-10-27-20(24-25-26-27)23-12-14-8-9-18(19(11-14)28-2)29-13-15-16(21)6-5-7-17(15)22/h5-9,11H,3-4,10,12-13H2,1-2H3,(H,23,24,26). The number of hydrogen-bond acceptors (Lipinski definition) is 6. The van der Waals surface area contributed by atoms with E-state index in [0.717, 1.165) is 30.5 Å². The minimum absolute atomic E-state index is 0.249. The molecule has 0 amide bonds. The van der Waals surface area contributed by atoms with Gasteiger partial charge >= 0.3 is 0 Å². The van der Waals surface area contributed by atoms with Crippen molar-refractivity contribution in [3.63, 3.8) is 0 Å². The Bertz CT molecular complexity index is 928. The van der Waals surface area contributed by atoms with Crippen LogP contribution < -0.4 is 14.8 Å². The van der Waals surface area contributed by atoms with Crippen LogP contribution in [0, 0.1) is 0 Å². The molecule has 1 aromatic heterocycles. The fourth-order valence-corrected chi connectivity index (χ4v) is 3.24. The van der Waals surface area contributed by atoms with E-state index >= 15 is 0 Å². The monoisotopic (exact) mass is 435 g/mol. The first-order valence-corrected chi connectivity index (χ1v) is 10.1. The summed E-state index contributed by atoms with van der Waals surface area (Å²) in [5, 5.41) is 16.2. The number of nitrogens with zero attached hydrogens (tertiary/aromatic N) is 4. The molecule has 0 fully saturated rings. The molecule has 0 spiro atoms. The van der Waals surface area contributed by atoms with Crippen molar-refractivity contribution in [2.45, 2.75) is 39.5 Å². The molecule has 0 aliphatic heterocycles. The van der Waals surface area contributed by atoms with Crippen molar-refractivity contribution < 1.29 is 9.47 Å². The van der Waals surface area contributed by atoms with Crippen LogP contribution in [0.15, 0.2) is 36.4 Å². The summed E-state index contributed by atoms with van der Waals surface area (Å²) in [6.45, 7) is 3.72. The van der Waals surface area contributed by atoms with Gasteiger partial charge in [-0.3, -0.25) is 0 Å². The van der Waals surface area contributed by atoms with Gasteiger partial charge in [0.15, 0.2) is 11.5 Å². The predicted octanol–water partition coefficient (Wildman–Crippen LogP) is 4.98. The molecule has 3 aromatic rings. The van der Waals surface area contributed by atoms with Crippen molar-refractivity contribution in [1.29, 1.82) is 0 Å². The number of aryl methyl sites for hydroxylation is 1. The summed E-state index contributed by atoms with van der Waals surface area (Å²) in [5.74, 6) is 1.88. The van der Waals surface area contributed by atoms with Gasteiger partial charge in [0.1, 0.15) is 6.61 Å². The third-order valence-electron chi connectivity index (χ3n) is 4.37. The fourth-order valence-electron chi connectivity index (χ4n) is 2.73. The molecule has 154 valence electrons. The molecule has 0 radical (unpaired) electrons. The molecule has 0 aliphatic rings. The molecule has 1 N–H and O–H groups in total. The van der Waals surface area contributed by atoms with Gasteiger partial charge in [0.25, 0.3) is 0 Å². The topological polar surface area (TPSA) is 74.1 Å². The molecule has 9 heteroatoms. The Hall–Kier alpha value is -2.51. The lowest BCUT2D eigenvalue weighted by molar-refractivity contribution is 0.284. The summed E-state index contributed by atoms with van der Waals surface area (Å²) in [6, 6.07) is 11.1. The van der Waals surface area contributed by atoms with Gasteiger partial charge in [0.05, 0.1) is 7.11 Å².